The highest BCUT2D eigenvalue weighted by molar-refractivity contribution is 7.86. The highest BCUT2D eigenvalue weighted by Crippen LogP contribution is 2.39. The number of nitrogens with one attached hydrogen (secondary N) is 1. The monoisotopic (exact) mass is 667 g/mol. The predicted octanol–water partition coefficient (Wildman–Crippen LogP) is 6.95. The number of nitrogen functional groups attached to an aromatic ring is 1. The van der Waals surface area contributed by atoms with Gasteiger partial charge in [0, 0.05) is 10.8 Å². The van der Waals surface area contributed by atoms with Gasteiger partial charge >= 0.3 is 0 Å². The molecule has 15 nitrogen and oxygen atoms in total. The maximum absolute atomic E-state index is 12.3. The van der Waals surface area contributed by atoms with E-state index in [9.17, 15) is 25.9 Å². The molecular weight excluding hydrogens is 646 g/mol. The van der Waals surface area contributed by atoms with Crippen molar-refractivity contribution in [3.63, 3.8) is 0 Å². The van der Waals surface area contributed by atoms with E-state index in [0.29, 0.717) is 27.9 Å². The van der Waals surface area contributed by atoms with E-state index >= 15 is 0 Å². The summed E-state index contributed by atoms with van der Waals surface area (Å²) in [5.41, 5.74) is 8.26. The van der Waals surface area contributed by atoms with Gasteiger partial charge in [-0.2, -0.15) is 42.0 Å². The Kier molecular flexibility index (Phi) is 8.55. The second-order valence-corrected chi connectivity index (χ2v) is 12.6. The van der Waals surface area contributed by atoms with Crippen LogP contribution in [0.2, 0.25) is 5.28 Å². The summed E-state index contributed by atoms with van der Waals surface area (Å²) in [6.45, 7) is 3.50. The number of azo groups is 2. The van der Waals surface area contributed by atoms with Crippen LogP contribution in [0.25, 0.3) is 10.8 Å². The van der Waals surface area contributed by atoms with Gasteiger partial charge < -0.3 is 11.1 Å². The summed E-state index contributed by atoms with van der Waals surface area (Å²) in [5, 5.41) is 20.0. The topological polar surface area (TPSA) is 235 Å². The Morgan fingerprint density at radius 1 is 0.711 bits per heavy atom. The molecule has 45 heavy (non-hydrogen) atoms. The average molecular weight is 668 g/mol. The Labute approximate surface area is 261 Å². The second-order valence-electron chi connectivity index (χ2n) is 9.47. The molecule has 5 N–H and O–H groups in total. The Balaban J connectivity index is 1.53. The fourth-order valence-electron chi connectivity index (χ4n) is 4.28. The van der Waals surface area contributed by atoms with Crippen LogP contribution in [-0.2, 0) is 20.2 Å². The molecule has 0 bridgehead atoms. The molecular formula is C27H22ClN9O6S2. The molecule has 0 aliphatic rings. The maximum atomic E-state index is 12.3. The number of benzene rings is 4. The lowest BCUT2D eigenvalue weighted by Gasteiger charge is -2.13. The molecule has 1 aromatic heterocycles. The third kappa shape index (κ3) is 7.08. The molecule has 5 aromatic rings. The van der Waals surface area contributed by atoms with Crippen LogP contribution >= 0.6 is 11.6 Å². The van der Waals surface area contributed by atoms with Crippen LogP contribution in [0.5, 0.6) is 0 Å². The van der Waals surface area contributed by atoms with Crippen molar-refractivity contribution in [3.8, 4) is 0 Å². The van der Waals surface area contributed by atoms with Crippen molar-refractivity contribution in [1.29, 1.82) is 0 Å². The minimum absolute atomic E-state index is 0.0306. The fourth-order valence-corrected chi connectivity index (χ4v) is 5.80. The van der Waals surface area contributed by atoms with Gasteiger partial charge in [-0.1, -0.05) is 24.3 Å². The van der Waals surface area contributed by atoms with E-state index in [1.165, 1.54) is 36.4 Å². The van der Waals surface area contributed by atoms with Crippen LogP contribution in [-0.4, -0.2) is 40.9 Å². The summed E-state index contributed by atoms with van der Waals surface area (Å²) in [4.78, 5) is 10.8. The van der Waals surface area contributed by atoms with Crippen molar-refractivity contribution >= 4 is 82.9 Å². The molecule has 18 heteroatoms. The number of anilines is 3. The van der Waals surface area contributed by atoms with Gasteiger partial charge in [0.15, 0.2) is 0 Å². The number of nitrogens with zero attached hydrogens (tertiary/aromatic N) is 7. The van der Waals surface area contributed by atoms with Crippen molar-refractivity contribution in [2.45, 2.75) is 23.6 Å². The number of hydrogen-bond donors (Lipinski definition) is 4. The third-order valence-corrected chi connectivity index (χ3v) is 8.28. The number of aryl methyl sites for hydroxylation is 2. The highest BCUT2D eigenvalue weighted by Gasteiger charge is 2.20. The van der Waals surface area contributed by atoms with Gasteiger partial charge in [0.25, 0.3) is 20.2 Å². The first-order chi connectivity index (χ1) is 21.2. The Hall–Kier alpha value is -4.94. The van der Waals surface area contributed by atoms with E-state index in [1.54, 1.807) is 44.2 Å². The van der Waals surface area contributed by atoms with Gasteiger partial charge in [0.05, 0.1) is 22.7 Å². The maximum Gasteiger partial charge on any atom is 0.296 e. The molecule has 1 heterocycles. The van der Waals surface area contributed by atoms with Crippen LogP contribution in [0.3, 0.4) is 0 Å². The SMILES string of the molecule is Cc1cc(/N=N/c2ccc(Nc3nc(N)nc(Cl)n3)c3c(S(=O)(=O)O)cccc23)c(C)cc1/N=N/c1ccccc1S(=O)(=O)O. The lowest BCUT2D eigenvalue weighted by Crippen LogP contribution is -2.05. The minimum atomic E-state index is -4.68. The van der Waals surface area contributed by atoms with E-state index in [2.05, 4.69) is 40.7 Å². The van der Waals surface area contributed by atoms with Crippen molar-refractivity contribution in [3.05, 3.63) is 83.1 Å². The molecule has 0 radical (unpaired) electrons. The minimum Gasteiger partial charge on any atom is -0.368 e. The molecule has 0 saturated carbocycles. The summed E-state index contributed by atoms with van der Waals surface area (Å²) >= 11 is 5.88. The Morgan fingerprint density at radius 3 is 1.91 bits per heavy atom. The third-order valence-electron chi connectivity index (χ3n) is 6.32. The summed E-state index contributed by atoms with van der Waals surface area (Å²) in [5.74, 6) is -0.221. The Bertz CT molecular complexity index is 2240. The van der Waals surface area contributed by atoms with E-state index in [4.69, 9.17) is 17.3 Å². The van der Waals surface area contributed by atoms with Gasteiger partial charge in [0.2, 0.25) is 17.2 Å². The second kappa shape index (κ2) is 12.2. The summed E-state index contributed by atoms with van der Waals surface area (Å²) in [6, 6.07) is 16.4. The van der Waals surface area contributed by atoms with Crippen LogP contribution in [0.15, 0.2) is 97.0 Å². The fraction of sp³-hybridized carbons (Fsp3) is 0.0741. The van der Waals surface area contributed by atoms with E-state index in [0.717, 1.165) is 0 Å². The van der Waals surface area contributed by atoms with Crippen molar-refractivity contribution in [2.24, 2.45) is 20.5 Å². The zero-order valence-electron chi connectivity index (χ0n) is 23.3. The van der Waals surface area contributed by atoms with Gasteiger partial charge in [-0.25, -0.2) is 0 Å². The molecule has 5 rings (SSSR count). The number of aromatic nitrogens is 3. The number of fused-ring (bicyclic) bond motifs is 1. The van der Waals surface area contributed by atoms with Gasteiger partial charge in [-0.05, 0) is 79.0 Å². The summed E-state index contributed by atoms with van der Waals surface area (Å²) in [7, 11) is -9.18. The van der Waals surface area contributed by atoms with Crippen LogP contribution < -0.4 is 11.1 Å². The lowest BCUT2D eigenvalue weighted by molar-refractivity contribution is 0.481. The Morgan fingerprint density at radius 2 is 1.29 bits per heavy atom. The van der Waals surface area contributed by atoms with Crippen molar-refractivity contribution in [1.82, 2.24) is 15.0 Å². The molecule has 4 aromatic carbocycles. The zero-order valence-corrected chi connectivity index (χ0v) is 25.7. The van der Waals surface area contributed by atoms with Gasteiger partial charge in [0.1, 0.15) is 15.5 Å². The highest BCUT2D eigenvalue weighted by atomic mass is 35.5. The number of hydrogen-bond acceptors (Lipinski definition) is 13. The van der Waals surface area contributed by atoms with E-state index < -0.39 is 25.1 Å². The molecule has 0 fully saturated rings. The zero-order chi connectivity index (χ0) is 32.5. The molecule has 0 atom stereocenters. The molecule has 0 aliphatic carbocycles. The molecule has 230 valence electrons. The first-order valence-corrected chi connectivity index (χ1v) is 15.9. The predicted molar refractivity (Wildman–Crippen MR) is 167 cm³/mol. The van der Waals surface area contributed by atoms with Gasteiger partial charge in [-0.15, -0.1) is 10.2 Å². The van der Waals surface area contributed by atoms with Crippen LogP contribution in [0, 0.1) is 13.8 Å². The van der Waals surface area contributed by atoms with E-state index in [-0.39, 0.29) is 44.5 Å². The van der Waals surface area contributed by atoms with Crippen molar-refractivity contribution < 1.29 is 25.9 Å². The standard InChI is InChI=1S/C27H22ClN9O6S2/c1-14-13-21(37-35-18-7-3-4-8-22(18)44(38,39)40)15(2)12-20(14)36-34-17-10-11-19(30-27-32-25(28)31-26(29)33-27)24-16(17)6-5-9-23(24)45(41,42)43/h3-13H,1-2H3,(H,38,39,40)(H,41,42,43)(H3,29,30,31,32,33)/b36-34+,37-35+. The normalized spacial score (nSPS) is 12.4. The van der Waals surface area contributed by atoms with Crippen molar-refractivity contribution in [2.75, 3.05) is 11.1 Å². The van der Waals surface area contributed by atoms with Gasteiger partial charge in [-0.3, -0.25) is 9.11 Å². The molecule has 0 amide bonds. The quantitative estimate of drug-likeness (QED) is 0.0975. The van der Waals surface area contributed by atoms with Crippen LogP contribution in [0.4, 0.5) is 40.3 Å². The number of nitrogens with two attached hydrogens (primary N) is 1. The first kappa shape index (κ1) is 31.5. The summed E-state index contributed by atoms with van der Waals surface area (Å²) < 4.78 is 67.4. The number of halogens is 1. The molecule has 0 aliphatic heterocycles. The molecule has 0 unspecified atom stereocenters. The molecule has 0 spiro atoms. The first-order valence-electron chi connectivity index (χ1n) is 12.7. The largest absolute Gasteiger partial charge is 0.368 e. The smallest absolute Gasteiger partial charge is 0.296 e. The lowest BCUT2D eigenvalue weighted by atomic mass is 10.1. The summed E-state index contributed by atoms with van der Waals surface area (Å²) in [6.07, 6.45) is 0. The van der Waals surface area contributed by atoms with Crippen LogP contribution in [0.1, 0.15) is 11.1 Å². The van der Waals surface area contributed by atoms with E-state index in [1.807, 2.05) is 0 Å². The number of rotatable bonds is 8. The molecule has 0 saturated heterocycles. The average Bonchev–Trinajstić information content (AvgIpc) is 2.95.